The summed E-state index contributed by atoms with van der Waals surface area (Å²) in [6, 6.07) is 10.1. The van der Waals surface area contributed by atoms with Gasteiger partial charge in [-0.05, 0) is 44.6 Å². The number of ether oxygens (including phenoxy) is 1. The predicted octanol–water partition coefficient (Wildman–Crippen LogP) is 3.23. The van der Waals surface area contributed by atoms with Gasteiger partial charge in [0.1, 0.15) is 11.9 Å². The molecule has 5 heteroatoms. The van der Waals surface area contributed by atoms with Crippen molar-refractivity contribution in [2.45, 2.75) is 45.6 Å². The molecule has 1 aromatic rings. The Labute approximate surface area is 159 Å². The maximum absolute atomic E-state index is 6.08. The lowest BCUT2D eigenvalue weighted by Crippen LogP contribution is -2.47. The van der Waals surface area contributed by atoms with E-state index in [9.17, 15) is 0 Å². The maximum Gasteiger partial charge on any atom is 0.193 e. The van der Waals surface area contributed by atoms with Crippen molar-refractivity contribution in [2.24, 2.45) is 4.99 Å². The van der Waals surface area contributed by atoms with Crippen molar-refractivity contribution < 1.29 is 4.74 Å². The monoisotopic (exact) mass is 360 g/mol. The Morgan fingerprint density at radius 2 is 1.85 bits per heavy atom. The van der Waals surface area contributed by atoms with Crippen molar-refractivity contribution in [1.29, 1.82) is 0 Å². The van der Waals surface area contributed by atoms with E-state index >= 15 is 0 Å². The summed E-state index contributed by atoms with van der Waals surface area (Å²) in [5.41, 5.74) is 0. The quantitative estimate of drug-likeness (QED) is 0.417. The van der Waals surface area contributed by atoms with Gasteiger partial charge in [-0.2, -0.15) is 0 Å². The number of likely N-dealkylation sites (tertiary alicyclic amines) is 1. The summed E-state index contributed by atoms with van der Waals surface area (Å²) in [4.78, 5) is 9.30. The lowest BCUT2D eigenvalue weighted by atomic mass is 10.1. The molecule has 1 saturated heterocycles. The highest BCUT2D eigenvalue weighted by atomic mass is 16.5. The van der Waals surface area contributed by atoms with E-state index in [1.807, 2.05) is 37.4 Å². The highest BCUT2D eigenvalue weighted by molar-refractivity contribution is 5.79. The summed E-state index contributed by atoms with van der Waals surface area (Å²) < 4.78 is 6.08. The van der Waals surface area contributed by atoms with Gasteiger partial charge in [0, 0.05) is 39.5 Å². The number of rotatable bonds is 9. The highest BCUT2D eigenvalue weighted by Gasteiger charge is 2.22. The lowest BCUT2D eigenvalue weighted by molar-refractivity contribution is 0.129. The minimum absolute atomic E-state index is 0.306. The van der Waals surface area contributed by atoms with E-state index in [4.69, 9.17) is 4.74 Å². The zero-order chi connectivity index (χ0) is 18.6. The summed E-state index contributed by atoms with van der Waals surface area (Å²) in [7, 11) is 1.88. The van der Waals surface area contributed by atoms with Gasteiger partial charge in [-0.1, -0.05) is 32.0 Å². The van der Waals surface area contributed by atoms with Crippen LogP contribution < -0.4 is 10.1 Å². The number of aliphatic imine (C=N–C) groups is 1. The summed E-state index contributed by atoms with van der Waals surface area (Å²) in [6.07, 6.45) is 4.80. The van der Waals surface area contributed by atoms with E-state index in [-0.39, 0.29) is 0 Å². The first-order valence-electron chi connectivity index (χ1n) is 10.2. The van der Waals surface area contributed by atoms with E-state index in [2.05, 4.69) is 34.0 Å². The summed E-state index contributed by atoms with van der Waals surface area (Å²) in [6.45, 7) is 10.9. The minimum Gasteiger partial charge on any atom is -0.490 e. The topological polar surface area (TPSA) is 40.1 Å². The summed E-state index contributed by atoms with van der Waals surface area (Å²) >= 11 is 0. The van der Waals surface area contributed by atoms with Crippen LogP contribution in [0.3, 0.4) is 0 Å². The van der Waals surface area contributed by atoms with Crippen molar-refractivity contribution in [3.63, 3.8) is 0 Å². The van der Waals surface area contributed by atoms with Crippen LogP contribution >= 0.6 is 0 Å². The Bertz CT molecular complexity index is 508. The van der Waals surface area contributed by atoms with Gasteiger partial charge >= 0.3 is 0 Å². The molecule has 1 aliphatic rings. The van der Waals surface area contributed by atoms with E-state index in [1.165, 1.54) is 19.4 Å². The van der Waals surface area contributed by atoms with Gasteiger partial charge in [-0.3, -0.25) is 4.99 Å². The zero-order valence-electron chi connectivity index (χ0n) is 16.8. The van der Waals surface area contributed by atoms with E-state index in [0.717, 1.165) is 57.3 Å². The fraction of sp³-hybridized carbons (Fsp3) is 0.667. The molecule has 0 saturated carbocycles. The van der Waals surface area contributed by atoms with Gasteiger partial charge in [-0.25, -0.2) is 0 Å². The van der Waals surface area contributed by atoms with E-state index < -0.39 is 0 Å². The van der Waals surface area contributed by atoms with Gasteiger partial charge in [-0.15, -0.1) is 0 Å². The molecule has 0 radical (unpaired) electrons. The maximum atomic E-state index is 6.08. The average molecular weight is 361 g/mol. The molecule has 5 nitrogen and oxygen atoms in total. The van der Waals surface area contributed by atoms with Crippen LogP contribution in [0.25, 0.3) is 0 Å². The molecule has 1 aliphatic heterocycles. The third kappa shape index (κ3) is 6.87. The number of benzene rings is 1. The molecular weight excluding hydrogens is 324 g/mol. The molecule has 0 amide bonds. The molecular formula is C21H36N4O. The van der Waals surface area contributed by atoms with Crippen LogP contribution in [-0.4, -0.2) is 68.2 Å². The largest absolute Gasteiger partial charge is 0.490 e. The molecule has 1 fully saturated rings. The molecule has 26 heavy (non-hydrogen) atoms. The Hall–Kier alpha value is -1.75. The number of piperidine rings is 1. The Kier molecular flexibility index (Phi) is 9.32. The third-order valence-electron chi connectivity index (χ3n) is 5.08. The van der Waals surface area contributed by atoms with Crippen LogP contribution in [0.15, 0.2) is 35.3 Å². The summed E-state index contributed by atoms with van der Waals surface area (Å²) in [5, 5.41) is 3.53. The smallest absolute Gasteiger partial charge is 0.193 e. The van der Waals surface area contributed by atoms with Crippen LogP contribution in [0.2, 0.25) is 0 Å². The zero-order valence-corrected chi connectivity index (χ0v) is 16.8. The number of hydrogen-bond acceptors (Lipinski definition) is 3. The Morgan fingerprint density at radius 1 is 1.15 bits per heavy atom. The highest BCUT2D eigenvalue weighted by Crippen LogP contribution is 2.18. The molecule has 1 heterocycles. The molecule has 1 aromatic carbocycles. The number of nitrogens with one attached hydrogen (secondary N) is 1. The second-order valence-electron chi connectivity index (χ2n) is 6.83. The van der Waals surface area contributed by atoms with Crippen LogP contribution in [0.5, 0.6) is 5.75 Å². The van der Waals surface area contributed by atoms with Gasteiger partial charge in [0.2, 0.25) is 0 Å². The second kappa shape index (κ2) is 11.8. The standard InChI is InChI=1S/C21H36N4O/c1-4-24(5-2)16-10-9-15-23-21(22-3)25-17-13-20(14-18-25)26-19-11-7-6-8-12-19/h6-8,11-12,20H,4-5,9-10,13-18H2,1-3H3,(H,22,23). The molecule has 146 valence electrons. The predicted molar refractivity (Wildman–Crippen MR) is 110 cm³/mol. The molecule has 0 aromatic heterocycles. The molecule has 2 rings (SSSR count). The number of para-hydroxylation sites is 1. The second-order valence-corrected chi connectivity index (χ2v) is 6.83. The number of hydrogen-bond donors (Lipinski definition) is 1. The summed E-state index contributed by atoms with van der Waals surface area (Å²) in [5.74, 6) is 2.01. The van der Waals surface area contributed by atoms with Crippen molar-refractivity contribution in [3.8, 4) is 5.75 Å². The molecule has 0 atom stereocenters. The van der Waals surface area contributed by atoms with Crippen molar-refractivity contribution in [2.75, 3.05) is 46.3 Å². The van der Waals surface area contributed by atoms with Crippen LogP contribution in [0.4, 0.5) is 0 Å². The van der Waals surface area contributed by atoms with Crippen molar-refractivity contribution >= 4 is 5.96 Å². The average Bonchev–Trinajstić information content (AvgIpc) is 2.69. The fourth-order valence-electron chi connectivity index (χ4n) is 3.41. The SMILES string of the molecule is CCN(CC)CCCCNC(=NC)N1CCC(Oc2ccccc2)CC1. The number of unbranched alkanes of at least 4 members (excludes halogenated alkanes) is 1. The van der Waals surface area contributed by atoms with E-state index in [1.54, 1.807) is 0 Å². The first kappa shape index (κ1) is 20.6. The Balaban J connectivity index is 1.65. The molecule has 0 bridgehead atoms. The lowest BCUT2D eigenvalue weighted by Gasteiger charge is -2.34. The fourth-order valence-corrected chi connectivity index (χ4v) is 3.41. The van der Waals surface area contributed by atoms with Crippen molar-refractivity contribution in [1.82, 2.24) is 15.1 Å². The first-order valence-corrected chi connectivity index (χ1v) is 10.2. The third-order valence-corrected chi connectivity index (χ3v) is 5.08. The molecule has 0 aliphatic carbocycles. The number of guanidine groups is 1. The van der Waals surface area contributed by atoms with Gasteiger partial charge < -0.3 is 19.9 Å². The molecule has 1 N–H and O–H groups in total. The first-order chi connectivity index (χ1) is 12.8. The van der Waals surface area contributed by atoms with Crippen molar-refractivity contribution in [3.05, 3.63) is 30.3 Å². The van der Waals surface area contributed by atoms with E-state index in [0.29, 0.717) is 6.10 Å². The Morgan fingerprint density at radius 3 is 2.46 bits per heavy atom. The van der Waals surface area contributed by atoms with Crippen LogP contribution in [-0.2, 0) is 0 Å². The van der Waals surface area contributed by atoms with Crippen LogP contribution in [0.1, 0.15) is 39.5 Å². The van der Waals surface area contributed by atoms with Gasteiger partial charge in [0.25, 0.3) is 0 Å². The normalized spacial score (nSPS) is 16.2. The van der Waals surface area contributed by atoms with Gasteiger partial charge in [0.15, 0.2) is 5.96 Å². The van der Waals surface area contributed by atoms with Gasteiger partial charge in [0.05, 0.1) is 0 Å². The number of nitrogens with zero attached hydrogens (tertiary/aromatic N) is 3. The molecule has 0 unspecified atom stereocenters. The molecule has 0 spiro atoms. The van der Waals surface area contributed by atoms with Crippen LogP contribution in [0, 0.1) is 0 Å². The minimum atomic E-state index is 0.306.